The maximum atomic E-state index is 13.3. The van der Waals surface area contributed by atoms with Crippen LogP contribution in [0.5, 0.6) is 5.75 Å². The highest BCUT2D eigenvalue weighted by Crippen LogP contribution is 2.36. The Hall–Kier alpha value is -4.14. The number of carboxylic acid groups (broad SMARTS) is 1. The van der Waals surface area contributed by atoms with Crippen molar-refractivity contribution in [1.82, 2.24) is 4.98 Å². The molecule has 36 heavy (non-hydrogen) atoms. The molecule has 1 amide bonds. The van der Waals surface area contributed by atoms with Crippen LogP contribution in [0.15, 0.2) is 54.7 Å². The molecule has 0 saturated heterocycles. The molecule has 1 unspecified atom stereocenters. The Bertz CT molecular complexity index is 1390. The highest BCUT2D eigenvalue weighted by molar-refractivity contribution is 6.33. The van der Waals surface area contributed by atoms with Crippen molar-refractivity contribution in [3.63, 3.8) is 0 Å². The third-order valence-electron chi connectivity index (χ3n) is 5.06. The average Bonchev–Trinajstić information content (AvgIpc) is 2.82. The van der Waals surface area contributed by atoms with Gasteiger partial charge >= 0.3 is 17.9 Å². The summed E-state index contributed by atoms with van der Waals surface area (Å²) >= 11 is 6.23. The lowest BCUT2D eigenvalue weighted by Gasteiger charge is -2.25. The number of carboxylic acids is 1. The molecule has 186 valence electrons. The fraction of sp³-hybridized carbons (Fsp3) is 0.167. The monoisotopic (exact) mass is 519 g/mol. The Morgan fingerprint density at radius 3 is 2.42 bits per heavy atom. The standard InChI is InChI=1S/C24H17ClF3N3O5/c1-23(35,22(33)34)36-19-6-4-3-5-18(19)31(2)21(32)13-7-8-17(25)15(9-13)16-12-30-20(24(26,27)28)10-14(16)11-29/h3-10,12,35H,1-2H3,(H,33,34). The Morgan fingerprint density at radius 2 is 1.81 bits per heavy atom. The van der Waals surface area contributed by atoms with E-state index in [2.05, 4.69) is 4.98 Å². The predicted octanol–water partition coefficient (Wildman–Crippen LogP) is 4.74. The Morgan fingerprint density at radius 1 is 1.14 bits per heavy atom. The maximum absolute atomic E-state index is 13.3. The van der Waals surface area contributed by atoms with Gasteiger partial charge in [0, 0.05) is 41.9 Å². The number of aliphatic hydroxyl groups is 1. The van der Waals surface area contributed by atoms with E-state index in [1.807, 2.05) is 0 Å². The first-order valence-electron chi connectivity index (χ1n) is 10.1. The van der Waals surface area contributed by atoms with Gasteiger partial charge in [0.1, 0.15) is 11.4 Å². The molecule has 1 aromatic heterocycles. The SMILES string of the molecule is CN(C(=O)c1ccc(Cl)c(-c2cnc(C(F)(F)F)cc2C#N)c1)c1ccccc1OC(C)(O)C(=O)O. The summed E-state index contributed by atoms with van der Waals surface area (Å²) < 4.78 is 44.2. The number of anilines is 1. The first kappa shape index (κ1) is 26.5. The number of hydrogen-bond donors (Lipinski definition) is 2. The minimum Gasteiger partial charge on any atom is -0.476 e. The fourth-order valence-corrected chi connectivity index (χ4v) is 3.38. The molecule has 0 radical (unpaired) electrons. The molecular formula is C24H17ClF3N3O5. The van der Waals surface area contributed by atoms with Crippen molar-refractivity contribution >= 4 is 29.2 Å². The van der Waals surface area contributed by atoms with Crippen molar-refractivity contribution in [2.75, 3.05) is 11.9 Å². The highest BCUT2D eigenvalue weighted by Gasteiger charge is 2.35. The molecule has 0 aliphatic heterocycles. The van der Waals surface area contributed by atoms with Crippen LogP contribution >= 0.6 is 11.6 Å². The molecule has 0 aliphatic rings. The number of hydrogen-bond acceptors (Lipinski definition) is 6. The van der Waals surface area contributed by atoms with Gasteiger partial charge in [-0.25, -0.2) is 4.79 Å². The number of amides is 1. The second-order valence-corrected chi connectivity index (χ2v) is 8.05. The number of nitrogens with zero attached hydrogens (tertiary/aromatic N) is 3. The summed E-state index contributed by atoms with van der Waals surface area (Å²) in [4.78, 5) is 29.0. The van der Waals surface area contributed by atoms with Crippen LogP contribution in [-0.4, -0.2) is 39.9 Å². The van der Waals surface area contributed by atoms with Crippen LogP contribution in [-0.2, 0) is 11.0 Å². The van der Waals surface area contributed by atoms with E-state index in [1.165, 1.54) is 43.4 Å². The van der Waals surface area contributed by atoms with Gasteiger partial charge in [-0.2, -0.15) is 18.4 Å². The Labute approximate surface area is 207 Å². The van der Waals surface area contributed by atoms with E-state index in [9.17, 15) is 33.1 Å². The summed E-state index contributed by atoms with van der Waals surface area (Å²) in [6, 6.07) is 12.2. The van der Waals surface area contributed by atoms with Crippen molar-refractivity contribution in [1.29, 1.82) is 5.26 Å². The first-order valence-corrected chi connectivity index (χ1v) is 10.4. The molecule has 0 saturated carbocycles. The van der Waals surface area contributed by atoms with Crippen molar-refractivity contribution in [3.05, 3.63) is 76.6 Å². The second-order valence-electron chi connectivity index (χ2n) is 7.64. The molecule has 3 rings (SSSR count). The number of carbonyl (C=O) groups is 2. The van der Waals surface area contributed by atoms with Crippen LogP contribution in [0, 0.1) is 11.3 Å². The number of ether oxygens (including phenoxy) is 1. The summed E-state index contributed by atoms with van der Waals surface area (Å²) in [5, 5.41) is 28.6. The summed E-state index contributed by atoms with van der Waals surface area (Å²) in [5.41, 5.74) is -1.33. The molecule has 0 aliphatic carbocycles. The van der Waals surface area contributed by atoms with Gasteiger partial charge < -0.3 is 19.8 Å². The van der Waals surface area contributed by atoms with E-state index in [-0.39, 0.29) is 38.7 Å². The van der Waals surface area contributed by atoms with Gasteiger partial charge in [0.2, 0.25) is 0 Å². The predicted molar refractivity (Wildman–Crippen MR) is 122 cm³/mol. The number of nitriles is 1. The molecule has 1 heterocycles. The van der Waals surface area contributed by atoms with Crippen molar-refractivity contribution in [2.45, 2.75) is 18.9 Å². The van der Waals surface area contributed by atoms with E-state index in [1.54, 1.807) is 12.1 Å². The molecule has 2 N–H and O–H groups in total. The molecule has 0 spiro atoms. The van der Waals surface area contributed by atoms with Gasteiger partial charge in [-0.15, -0.1) is 0 Å². The molecule has 1 atom stereocenters. The molecule has 12 heteroatoms. The van der Waals surface area contributed by atoms with Gasteiger partial charge in [0.25, 0.3) is 5.91 Å². The number of alkyl halides is 3. The Balaban J connectivity index is 2.02. The highest BCUT2D eigenvalue weighted by atomic mass is 35.5. The minimum absolute atomic E-state index is 0.00552. The molecule has 0 bridgehead atoms. The summed E-state index contributed by atoms with van der Waals surface area (Å²) in [6.45, 7) is 0.921. The van der Waals surface area contributed by atoms with Crippen LogP contribution < -0.4 is 9.64 Å². The summed E-state index contributed by atoms with van der Waals surface area (Å²) in [5.74, 6) is -4.95. The molecule has 3 aromatic rings. The van der Waals surface area contributed by atoms with Gasteiger partial charge in [-0.1, -0.05) is 23.7 Å². The van der Waals surface area contributed by atoms with Crippen molar-refractivity contribution in [3.8, 4) is 22.9 Å². The summed E-state index contributed by atoms with van der Waals surface area (Å²) in [6.07, 6.45) is -3.90. The Kier molecular flexibility index (Phi) is 7.24. The molecule has 0 fully saturated rings. The van der Waals surface area contributed by atoms with Crippen LogP contribution in [0.25, 0.3) is 11.1 Å². The van der Waals surface area contributed by atoms with E-state index < -0.39 is 29.5 Å². The zero-order chi connectivity index (χ0) is 26.8. The number of benzene rings is 2. The zero-order valence-electron chi connectivity index (χ0n) is 18.7. The second kappa shape index (κ2) is 9.85. The van der Waals surface area contributed by atoms with Gasteiger partial charge in [-0.3, -0.25) is 9.78 Å². The third-order valence-corrected chi connectivity index (χ3v) is 5.38. The number of halogens is 4. The number of para-hydroxylation sites is 2. The number of carbonyl (C=O) groups excluding carboxylic acids is 1. The zero-order valence-corrected chi connectivity index (χ0v) is 19.4. The van der Waals surface area contributed by atoms with Crippen molar-refractivity contribution < 1.29 is 37.7 Å². The average molecular weight is 520 g/mol. The summed E-state index contributed by atoms with van der Waals surface area (Å²) in [7, 11) is 1.37. The normalized spacial score (nSPS) is 12.8. The number of rotatable bonds is 6. The van der Waals surface area contributed by atoms with Crippen molar-refractivity contribution in [2.24, 2.45) is 0 Å². The van der Waals surface area contributed by atoms with Crippen LogP contribution in [0.4, 0.5) is 18.9 Å². The lowest BCUT2D eigenvalue weighted by molar-refractivity contribution is -0.188. The largest absolute Gasteiger partial charge is 0.476 e. The molecular weight excluding hydrogens is 503 g/mol. The topological polar surface area (TPSA) is 124 Å². The van der Waals surface area contributed by atoms with E-state index in [4.69, 9.17) is 21.4 Å². The third kappa shape index (κ3) is 5.40. The quantitative estimate of drug-likeness (QED) is 0.451. The van der Waals surface area contributed by atoms with Gasteiger partial charge in [-0.05, 0) is 36.4 Å². The van der Waals surface area contributed by atoms with E-state index in [0.29, 0.717) is 6.07 Å². The lowest BCUT2D eigenvalue weighted by atomic mass is 9.99. The van der Waals surface area contributed by atoms with Crippen LogP contribution in [0.2, 0.25) is 5.02 Å². The van der Waals surface area contributed by atoms with Crippen LogP contribution in [0.3, 0.4) is 0 Å². The minimum atomic E-state index is -4.75. The smallest absolute Gasteiger partial charge is 0.433 e. The van der Waals surface area contributed by atoms with Gasteiger partial charge in [0.15, 0.2) is 0 Å². The lowest BCUT2D eigenvalue weighted by Crippen LogP contribution is -2.41. The number of aliphatic carboxylic acids is 1. The first-order chi connectivity index (χ1) is 16.8. The van der Waals surface area contributed by atoms with Crippen LogP contribution in [0.1, 0.15) is 28.5 Å². The van der Waals surface area contributed by atoms with E-state index >= 15 is 0 Å². The van der Waals surface area contributed by atoms with E-state index in [0.717, 1.165) is 18.0 Å². The molecule has 8 nitrogen and oxygen atoms in total. The number of pyridine rings is 1. The maximum Gasteiger partial charge on any atom is 0.433 e. The number of aromatic nitrogens is 1. The molecule has 2 aromatic carbocycles. The van der Waals surface area contributed by atoms with Gasteiger partial charge in [0.05, 0.1) is 17.3 Å². The fourth-order valence-electron chi connectivity index (χ4n) is 3.16.